The molecule has 0 unspecified atom stereocenters. The van der Waals surface area contributed by atoms with Crippen LogP contribution in [0.2, 0.25) is 5.02 Å². The van der Waals surface area contributed by atoms with Gasteiger partial charge in [-0.3, -0.25) is 10.1 Å². The van der Waals surface area contributed by atoms with Crippen molar-refractivity contribution in [1.82, 2.24) is 10.6 Å². The van der Waals surface area contributed by atoms with Gasteiger partial charge in [0.05, 0.1) is 11.6 Å². The molecular weight excluding hydrogens is 256 g/mol. The lowest BCUT2D eigenvalue weighted by Crippen LogP contribution is -2.22. The van der Waals surface area contributed by atoms with Gasteiger partial charge in [0.2, 0.25) is 0 Å². The number of carbonyl (C=O) groups is 2. The van der Waals surface area contributed by atoms with Crippen LogP contribution >= 0.6 is 11.6 Å². The highest BCUT2D eigenvalue weighted by molar-refractivity contribution is 6.32. The molecular formula is C12H11ClN2O3. The fourth-order valence-electron chi connectivity index (χ4n) is 1.53. The quantitative estimate of drug-likeness (QED) is 0.649. The van der Waals surface area contributed by atoms with E-state index in [2.05, 4.69) is 10.6 Å². The second-order valence-electron chi connectivity index (χ2n) is 3.59. The molecule has 1 aliphatic rings. The highest BCUT2D eigenvalue weighted by atomic mass is 35.5. The van der Waals surface area contributed by atoms with E-state index in [9.17, 15) is 9.59 Å². The van der Waals surface area contributed by atoms with E-state index in [0.29, 0.717) is 22.9 Å². The summed E-state index contributed by atoms with van der Waals surface area (Å²) in [5, 5.41) is 4.97. The largest absolute Gasteiger partial charge is 0.492 e. The van der Waals surface area contributed by atoms with Crippen molar-refractivity contribution in [2.75, 3.05) is 6.61 Å². The summed E-state index contributed by atoms with van der Waals surface area (Å²) in [7, 11) is 0. The van der Waals surface area contributed by atoms with Crippen molar-refractivity contribution in [3.8, 4) is 5.75 Å². The van der Waals surface area contributed by atoms with Crippen LogP contribution in [-0.2, 0) is 4.79 Å². The number of urea groups is 1. The zero-order valence-corrected chi connectivity index (χ0v) is 10.4. The lowest BCUT2D eigenvalue weighted by Gasteiger charge is -2.06. The number of hydrogen-bond acceptors (Lipinski definition) is 3. The Morgan fingerprint density at radius 2 is 2.11 bits per heavy atom. The molecule has 0 radical (unpaired) electrons. The normalized spacial score (nSPS) is 16.7. The summed E-state index contributed by atoms with van der Waals surface area (Å²) in [6, 6.07) is 4.61. The molecule has 0 spiro atoms. The van der Waals surface area contributed by atoms with Gasteiger partial charge >= 0.3 is 6.03 Å². The van der Waals surface area contributed by atoms with Crippen LogP contribution in [0.25, 0.3) is 6.08 Å². The first kappa shape index (κ1) is 12.4. The Balaban J connectivity index is 2.25. The SMILES string of the molecule is CCOc1ccc(C=C2NC(=O)NC2=O)cc1Cl. The monoisotopic (exact) mass is 266 g/mol. The molecule has 94 valence electrons. The molecule has 2 N–H and O–H groups in total. The van der Waals surface area contributed by atoms with Crippen molar-refractivity contribution < 1.29 is 14.3 Å². The number of benzene rings is 1. The number of halogens is 1. The van der Waals surface area contributed by atoms with Crippen molar-refractivity contribution >= 4 is 29.6 Å². The Bertz CT molecular complexity index is 540. The van der Waals surface area contributed by atoms with Crippen molar-refractivity contribution in [1.29, 1.82) is 0 Å². The lowest BCUT2D eigenvalue weighted by atomic mass is 10.2. The highest BCUT2D eigenvalue weighted by Gasteiger charge is 2.22. The van der Waals surface area contributed by atoms with E-state index in [-0.39, 0.29) is 5.70 Å². The van der Waals surface area contributed by atoms with Crippen LogP contribution in [0.1, 0.15) is 12.5 Å². The van der Waals surface area contributed by atoms with E-state index in [1.165, 1.54) is 0 Å². The fourth-order valence-corrected chi connectivity index (χ4v) is 1.77. The summed E-state index contributed by atoms with van der Waals surface area (Å²) in [6.07, 6.45) is 1.54. The maximum Gasteiger partial charge on any atom is 0.326 e. The first-order valence-electron chi connectivity index (χ1n) is 5.36. The molecule has 0 aromatic heterocycles. The first-order chi connectivity index (χ1) is 8.60. The molecule has 1 aromatic carbocycles. The number of ether oxygens (including phenoxy) is 1. The summed E-state index contributed by atoms with van der Waals surface area (Å²) in [5.41, 5.74) is 0.899. The van der Waals surface area contributed by atoms with E-state index in [4.69, 9.17) is 16.3 Å². The molecule has 1 heterocycles. The molecule has 0 atom stereocenters. The van der Waals surface area contributed by atoms with Crippen molar-refractivity contribution in [2.45, 2.75) is 6.92 Å². The summed E-state index contributed by atoms with van der Waals surface area (Å²) in [4.78, 5) is 22.3. The van der Waals surface area contributed by atoms with Gasteiger partial charge in [0.15, 0.2) is 0 Å². The Morgan fingerprint density at radius 1 is 1.33 bits per heavy atom. The molecule has 1 aliphatic heterocycles. The summed E-state index contributed by atoms with van der Waals surface area (Å²) in [5.74, 6) is 0.131. The maximum absolute atomic E-state index is 11.3. The smallest absolute Gasteiger partial charge is 0.326 e. The van der Waals surface area contributed by atoms with Crippen LogP contribution in [0.3, 0.4) is 0 Å². The number of amides is 3. The van der Waals surface area contributed by atoms with Gasteiger partial charge in [0.25, 0.3) is 5.91 Å². The molecule has 2 rings (SSSR count). The van der Waals surface area contributed by atoms with Gasteiger partial charge < -0.3 is 10.1 Å². The molecule has 6 heteroatoms. The summed E-state index contributed by atoms with van der Waals surface area (Å²) < 4.78 is 5.30. The van der Waals surface area contributed by atoms with Crippen LogP contribution in [0.5, 0.6) is 5.75 Å². The van der Waals surface area contributed by atoms with Gasteiger partial charge in [-0.05, 0) is 30.7 Å². The third-order valence-electron chi connectivity index (χ3n) is 2.29. The van der Waals surface area contributed by atoms with Crippen LogP contribution in [0.4, 0.5) is 4.79 Å². The summed E-state index contributed by atoms with van der Waals surface area (Å²) >= 11 is 6.02. The van der Waals surface area contributed by atoms with Crippen LogP contribution in [0.15, 0.2) is 23.9 Å². The second-order valence-corrected chi connectivity index (χ2v) is 4.00. The maximum atomic E-state index is 11.3. The molecule has 5 nitrogen and oxygen atoms in total. The topological polar surface area (TPSA) is 67.4 Å². The van der Waals surface area contributed by atoms with E-state index < -0.39 is 11.9 Å². The van der Waals surface area contributed by atoms with Gasteiger partial charge in [0.1, 0.15) is 11.4 Å². The van der Waals surface area contributed by atoms with Gasteiger partial charge in [-0.15, -0.1) is 0 Å². The Labute approximate surface area is 109 Å². The molecule has 0 saturated carbocycles. The summed E-state index contributed by atoms with van der Waals surface area (Å²) in [6.45, 7) is 2.39. The molecule has 18 heavy (non-hydrogen) atoms. The van der Waals surface area contributed by atoms with E-state index in [1.54, 1.807) is 24.3 Å². The average Bonchev–Trinajstić information content (AvgIpc) is 2.61. The van der Waals surface area contributed by atoms with Gasteiger partial charge in [-0.25, -0.2) is 4.79 Å². The van der Waals surface area contributed by atoms with Crippen LogP contribution < -0.4 is 15.4 Å². The molecule has 0 aliphatic carbocycles. The number of nitrogens with one attached hydrogen (secondary N) is 2. The fraction of sp³-hybridized carbons (Fsp3) is 0.167. The Hall–Kier alpha value is -2.01. The number of imide groups is 1. The number of hydrogen-bond donors (Lipinski definition) is 2. The molecule has 1 fully saturated rings. The average molecular weight is 267 g/mol. The minimum Gasteiger partial charge on any atom is -0.492 e. The van der Waals surface area contributed by atoms with Gasteiger partial charge in [-0.1, -0.05) is 17.7 Å². The van der Waals surface area contributed by atoms with Crippen molar-refractivity contribution in [3.05, 3.63) is 34.5 Å². The van der Waals surface area contributed by atoms with E-state index in [0.717, 1.165) is 0 Å². The Kier molecular flexibility index (Phi) is 3.53. The highest BCUT2D eigenvalue weighted by Crippen LogP contribution is 2.26. The standard InChI is InChI=1S/C12H11ClN2O3/c1-2-18-10-4-3-7(5-8(10)13)6-9-11(16)15-12(17)14-9/h3-6H,2H2,1H3,(H2,14,15,16,17). The van der Waals surface area contributed by atoms with E-state index in [1.807, 2.05) is 6.92 Å². The predicted molar refractivity (Wildman–Crippen MR) is 67.3 cm³/mol. The Morgan fingerprint density at radius 3 is 2.67 bits per heavy atom. The second kappa shape index (κ2) is 5.10. The van der Waals surface area contributed by atoms with Gasteiger partial charge in [0, 0.05) is 0 Å². The van der Waals surface area contributed by atoms with Crippen molar-refractivity contribution in [2.24, 2.45) is 0 Å². The zero-order chi connectivity index (χ0) is 13.1. The zero-order valence-electron chi connectivity index (χ0n) is 9.62. The van der Waals surface area contributed by atoms with E-state index >= 15 is 0 Å². The van der Waals surface area contributed by atoms with Gasteiger partial charge in [-0.2, -0.15) is 0 Å². The molecule has 1 aromatic rings. The lowest BCUT2D eigenvalue weighted by molar-refractivity contribution is -0.115. The molecule has 1 saturated heterocycles. The third kappa shape index (κ3) is 2.62. The molecule has 0 bridgehead atoms. The number of carbonyl (C=O) groups excluding carboxylic acids is 2. The minimum atomic E-state index is -0.525. The van der Waals surface area contributed by atoms with Crippen LogP contribution in [-0.4, -0.2) is 18.5 Å². The minimum absolute atomic E-state index is 0.195. The number of rotatable bonds is 3. The first-order valence-corrected chi connectivity index (χ1v) is 5.74. The van der Waals surface area contributed by atoms with Crippen LogP contribution in [0, 0.1) is 0 Å². The third-order valence-corrected chi connectivity index (χ3v) is 2.58. The predicted octanol–water partition coefficient (Wildman–Crippen LogP) is 1.92. The molecule has 3 amide bonds. The van der Waals surface area contributed by atoms with Crippen molar-refractivity contribution in [3.63, 3.8) is 0 Å².